The monoisotopic (exact) mass is 310 g/mol. The number of hydrogen-bond acceptors (Lipinski definition) is 6. The Kier molecular flexibility index (Phi) is 3.34. The van der Waals surface area contributed by atoms with E-state index < -0.39 is 0 Å². The summed E-state index contributed by atoms with van der Waals surface area (Å²) < 4.78 is 7.75. The lowest BCUT2D eigenvalue weighted by Crippen LogP contribution is -2.07. The molecular weight excluding hydrogens is 292 g/mol. The number of nitrogens with zero attached hydrogens (tertiary/aromatic N) is 4. The quantitative estimate of drug-likeness (QED) is 0.750. The van der Waals surface area contributed by atoms with Crippen LogP contribution in [0.25, 0.3) is 11.2 Å². The van der Waals surface area contributed by atoms with Gasteiger partial charge in [-0.1, -0.05) is 18.2 Å². The third-order valence-electron chi connectivity index (χ3n) is 3.81. The first-order chi connectivity index (χ1) is 11.2. The maximum atomic E-state index is 5.90. The largest absolute Gasteiger partial charge is 0.473 e. The average molecular weight is 310 g/mol. The average Bonchev–Trinajstić information content (AvgIpc) is 3.30. The number of anilines is 2. The number of hydrogen-bond donors (Lipinski definition) is 2. The molecular formula is C16H18N6O. The first-order valence-electron chi connectivity index (χ1n) is 7.65. The third-order valence-corrected chi connectivity index (χ3v) is 3.81. The van der Waals surface area contributed by atoms with Crippen molar-refractivity contribution in [3.05, 3.63) is 36.2 Å². The van der Waals surface area contributed by atoms with Crippen molar-refractivity contribution < 1.29 is 4.74 Å². The lowest BCUT2D eigenvalue weighted by Gasteiger charge is -2.11. The van der Waals surface area contributed by atoms with Crippen molar-refractivity contribution in [2.24, 2.45) is 12.8 Å². The van der Waals surface area contributed by atoms with Crippen molar-refractivity contribution in [1.82, 2.24) is 19.5 Å². The van der Waals surface area contributed by atoms with E-state index in [0.29, 0.717) is 23.9 Å². The molecule has 1 aliphatic carbocycles. The topological polar surface area (TPSA) is 90.9 Å². The van der Waals surface area contributed by atoms with Crippen molar-refractivity contribution >= 4 is 22.8 Å². The third kappa shape index (κ3) is 2.70. The molecule has 0 atom stereocenters. The summed E-state index contributed by atoms with van der Waals surface area (Å²) in [6.45, 7) is 0.447. The predicted molar refractivity (Wildman–Crippen MR) is 87.6 cm³/mol. The van der Waals surface area contributed by atoms with Crippen LogP contribution >= 0.6 is 0 Å². The van der Waals surface area contributed by atoms with Gasteiger partial charge in [-0.15, -0.1) is 0 Å². The Morgan fingerprint density at radius 1 is 1.30 bits per heavy atom. The Morgan fingerprint density at radius 2 is 2.13 bits per heavy atom. The fourth-order valence-electron chi connectivity index (χ4n) is 2.40. The number of fused-ring (bicyclic) bond motifs is 1. The molecule has 0 radical (unpaired) electrons. The van der Waals surface area contributed by atoms with E-state index in [1.54, 1.807) is 6.33 Å². The van der Waals surface area contributed by atoms with E-state index >= 15 is 0 Å². The Balaban J connectivity index is 1.75. The van der Waals surface area contributed by atoms with Crippen LogP contribution < -0.4 is 15.8 Å². The second kappa shape index (κ2) is 5.51. The van der Waals surface area contributed by atoms with E-state index in [-0.39, 0.29) is 6.10 Å². The molecule has 0 unspecified atom stereocenters. The Hall–Kier alpha value is -2.67. The second-order valence-corrected chi connectivity index (χ2v) is 5.68. The van der Waals surface area contributed by atoms with Gasteiger partial charge in [-0.05, 0) is 24.5 Å². The SMILES string of the molecule is Cn1cnc2c(OC3CC3)nc(Nc3ccccc3CN)nc21. The van der Waals surface area contributed by atoms with Crippen LogP contribution in [0, 0.1) is 0 Å². The lowest BCUT2D eigenvalue weighted by molar-refractivity contribution is 0.294. The molecule has 0 saturated heterocycles. The summed E-state index contributed by atoms with van der Waals surface area (Å²) in [5.41, 5.74) is 9.12. The smallest absolute Gasteiger partial charge is 0.247 e. The molecule has 1 aliphatic rings. The number of benzene rings is 1. The molecule has 3 N–H and O–H groups in total. The molecule has 4 rings (SSSR count). The van der Waals surface area contributed by atoms with E-state index in [4.69, 9.17) is 10.5 Å². The fraction of sp³-hybridized carbons (Fsp3) is 0.312. The second-order valence-electron chi connectivity index (χ2n) is 5.68. The zero-order chi connectivity index (χ0) is 15.8. The number of nitrogens with one attached hydrogen (secondary N) is 1. The van der Waals surface area contributed by atoms with Gasteiger partial charge < -0.3 is 20.4 Å². The van der Waals surface area contributed by atoms with E-state index in [0.717, 1.165) is 29.7 Å². The molecule has 1 fully saturated rings. The maximum Gasteiger partial charge on any atom is 0.247 e. The van der Waals surface area contributed by atoms with E-state index in [9.17, 15) is 0 Å². The number of aryl methyl sites for hydroxylation is 1. The van der Waals surface area contributed by atoms with Crippen molar-refractivity contribution in [3.8, 4) is 5.88 Å². The van der Waals surface area contributed by atoms with Gasteiger partial charge in [-0.3, -0.25) is 0 Å². The van der Waals surface area contributed by atoms with Crippen LogP contribution in [0.5, 0.6) is 5.88 Å². The number of para-hydroxylation sites is 1. The van der Waals surface area contributed by atoms with Crippen molar-refractivity contribution in [2.75, 3.05) is 5.32 Å². The Morgan fingerprint density at radius 3 is 2.91 bits per heavy atom. The standard InChI is InChI=1S/C16H18N6O/c1-22-9-18-13-14(22)20-16(21-15(13)23-11-6-7-11)19-12-5-3-2-4-10(12)8-17/h2-5,9,11H,6-8,17H2,1H3,(H,19,20,21). The van der Waals surface area contributed by atoms with Gasteiger partial charge in [0.25, 0.3) is 0 Å². The normalized spacial score (nSPS) is 14.2. The molecule has 118 valence electrons. The number of rotatable bonds is 5. The van der Waals surface area contributed by atoms with E-state index in [1.165, 1.54) is 0 Å². The molecule has 7 nitrogen and oxygen atoms in total. The van der Waals surface area contributed by atoms with Crippen LogP contribution in [-0.4, -0.2) is 25.6 Å². The van der Waals surface area contributed by atoms with Crippen molar-refractivity contribution in [1.29, 1.82) is 0 Å². The molecule has 2 heterocycles. The van der Waals surface area contributed by atoms with Crippen LogP contribution in [0.1, 0.15) is 18.4 Å². The highest BCUT2D eigenvalue weighted by Gasteiger charge is 2.26. The van der Waals surface area contributed by atoms with Gasteiger partial charge in [0, 0.05) is 19.3 Å². The number of imidazole rings is 1. The molecule has 1 saturated carbocycles. The predicted octanol–water partition coefficient (Wildman–Crippen LogP) is 2.11. The van der Waals surface area contributed by atoms with Crippen molar-refractivity contribution in [2.45, 2.75) is 25.5 Å². The van der Waals surface area contributed by atoms with Gasteiger partial charge in [0.2, 0.25) is 11.8 Å². The van der Waals surface area contributed by atoms with Gasteiger partial charge in [-0.25, -0.2) is 4.98 Å². The highest BCUT2D eigenvalue weighted by Crippen LogP contribution is 2.31. The molecule has 23 heavy (non-hydrogen) atoms. The first kappa shape index (κ1) is 14.0. The van der Waals surface area contributed by atoms with E-state index in [1.807, 2.05) is 35.9 Å². The Labute approximate surface area is 133 Å². The summed E-state index contributed by atoms with van der Waals surface area (Å²) >= 11 is 0. The van der Waals surface area contributed by atoms with Gasteiger partial charge in [0.1, 0.15) is 6.10 Å². The molecule has 0 amide bonds. The molecule has 0 bridgehead atoms. The summed E-state index contributed by atoms with van der Waals surface area (Å²) in [4.78, 5) is 13.4. The summed E-state index contributed by atoms with van der Waals surface area (Å²) in [6, 6.07) is 7.85. The molecule has 0 spiro atoms. The highest BCUT2D eigenvalue weighted by molar-refractivity contribution is 5.78. The zero-order valence-electron chi connectivity index (χ0n) is 12.9. The van der Waals surface area contributed by atoms with Gasteiger partial charge >= 0.3 is 0 Å². The maximum absolute atomic E-state index is 5.90. The number of nitrogens with two attached hydrogens (primary N) is 1. The highest BCUT2D eigenvalue weighted by atomic mass is 16.5. The molecule has 7 heteroatoms. The van der Waals surface area contributed by atoms with Crippen LogP contribution in [0.4, 0.5) is 11.6 Å². The lowest BCUT2D eigenvalue weighted by atomic mass is 10.2. The van der Waals surface area contributed by atoms with E-state index in [2.05, 4.69) is 20.3 Å². The molecule has 2 aromatic heterocycles. The summed E-state index contributed by atoms with van der Waals surface area (Å²) in [5, 5.41) is 3.24. The minimum Gasteiger partial charge on any atom is -0.473 e. The fourth-order valence-corrected chi connectivity index (χ4v) is 2.40. The van der Waals surface area contributed by atoms with Crippen LogP contribution in [0.15, 0.2) is 30.6 Å². The van der Waals surface area contributed by atoms with Crippen LogP contribution in [0.2, 0.25) is 0 Å². The minimum atomic E-state index is 0.249. The van der Waals surface area contributed by atoms with Gasteiger partial charge in [0.05, 0.1) is 6.33 Å². The molecule has 1 aromatic carbocycles. The zero-order valence-corrected chi connectivity index (χ0v) is 12.9. The van der Waals surface area contributed by atoms with Gasteiger partial charge in [-0.2, -0.15) is 9.97 Å². The summed E-state index contributed by atoms with van der Waals surface area (Å²) in [6.07, 6.45) is 4.10. The van der Waals surface area contributed by atoms with Crippen LogP contribution in [0.3, 0.4) is 0 Å². The summed E-state index contributed by atoms with van der Waals surface area (Å²) in [7, 11) is 1.90. The van der Waals surface area contributed by atoms with Crippen molar-refractivity contribution in [3.63, 3.8) is 0 Å². The minimum absolute atomic E-state index is 0.249. The first-order valence-corrected chi connectivity index (χ1v) is 7.65. The number of ether oxygens (including phenoxy) is 1. The number of aromatic nitrogens is 4. The molecule has 3 aromatic rings. The Bertz CT molecular complexity index is 855. The molecule has 0 aliphatic heterocycles. The van der Waals surface area contributed by atoms with Gasteiger partial charge in [0.15, 0.2) is 11.2 Å². The van der Waals surface area contributed by atoms with Crippen LogP contribution in [-0.2, 0) is 13.6 Å². The summed E-state index contributed by atoms with van der Waals surface area (Å²) in [5.74, 6) is 1.02.